The zero-order valence-electron chi connectivity index (χ0n) is 11.5. The maximum atomic E-state index is 11.0. The molecular formula is C15H10ClN3O3. The molecule has 0 aliphatic carbocycles. The Morgan fingerprint density at radius 2 is 2.00 bits per heavy atom. The molecule has 0 amide bonds. The molecule has 0 spiro atoms. The van der Waals surface area contributed by atoms with E-state index in [4.69, 9.17) is 16.3 Å². The number of nitrogens with zero attached hydrogens (tertiary/aromatic N) is 3. The minimum atomic E-state index is -0.549. The van der Waals surface area contributed by atoms with Crippen molar-refractivity contribution in [2.45, 2.75) is 6.92 Å². The summed E-state index contributed by atoms with van der Waals surface area (Å²) in [6.07, 6.45) is 1.39. The van der Waals surface area contributed by atoms with E-state index < -0.39 is 4.92 Å². The van der Waals surface area contributed by atoms with Crippen LogP contribution >= 0.6 is 11.6 Å². The van der Waals surface area contributed by atoms with Crippen molar-refractivity contribution in [2.75, 3.05) is 0 Å². The topological polar surface area (TPSA) is 78.2 Å². The number of rotatable bonds is 3. The number of fused-ring (bicyclic) bond motifs is 1. The number of hydrogen-bond donors (Lipinski definition) is 0. The van der Waals surface area contributed by atoms with Crippen LogP contribution in [0, 0.1) is 17.0 Å². The van der Waals surface area contributed by atoms with Gasteiger partial charge < -0.3 is 4.74 Å². The van der Waals surface area contributed by atoms with E-state index in [9.17, 15) is 10.1 Å². The summed E-state index contributed by atoms with van der Waals surface area (Å²) in [7, 11) is 0. The van der Waals surface area contributed by atoms with E-state index in [0.29, 0.717) is 17.2 Å². The van der Waals surface area contributed by atoms with Crippen molar-refractivity contribution < 1.29 is 9.66 Å². The molecule has 0 aliphatic heterocycles. The number of benzene rings is 2. The lowest BCUT2D eigenvalue weighted by atomic mass is 10.2. The highest BCUT2D eigenvalue weighted by Crippen LogP contribution is 2.35. The normalized spacial score (nSPS) is 10.6. The van der Waals surface area contributed by atoms with E-state index in [1.54, 1.807) is 6.92 Å². The SMILES string of the molecule is Cc1cc(Cl)c([N+](=O)[O-])cc1Oc1ncnc2ccccc12. The largest absolute Gasteiger partial charge is 0.438 e. The summed E-state index contributed by atoms with van der Waals surface area (Å²) in [5.74, 6) is 0.672. The van der Waals surface area contributed by atoms with Crippen LogP contribution in [0.4, 0.5) is 5.69 Å². The zero-order valence-corrected chi connectivity index (χ0v) is 12.2. The first kappa shape index (κ1) is 14.2. The van der Waals surface area contributed by atoms with Gasteiger partial charge in [-0.2, -0.15) is 0 Å². The maximum absolute atomic E-state index is 11.0. The number of ether oxygens (including phenoxy) is 1. The molecule has 7 heteroatoms. The van der Waals surface area contributed by atoms with Gasteiger partial charge in [-0.05, 0) is 30.7 Å². The van der Waals surface area contributed by atoms with Gasteiger partial charge in [-0.25, -0.2) is 9.97 Å². The third-order valence-electron chi connectivity index (χ3n) is 3.15. The first-order valence-corrected chi connectivity index (χ1v) is 6.76. The fraction of sp³-hybridized carbons (Fsp3) is 0.0667. The number of aromatic nitrogens is 2. The number of para-hydroxylation sites is 1. The minimum absolute atomic E-state index is 0.0717. The van der Waals surface area contributed by atoms with Gasteiger partial charge in [0.05, 0.1) is 21.9 Å². The van der Waals surface area contributed by atoms with Gasteiger partial charge in [0.2, 0.25) is 5.88 Å². The van der Waals surface area contributed by atoms with Crippen molar-refractivity contribution in [3.63, 3.8) is 0 Å². The van der Waals surface area contributed by atoms with Crippen LogP contribution < -0.4 is 4.74 Å². The van der Waals surface area contributed by atoms with Crippen LogP contribution in [0.1, 0.15) is 5.56 Å². The predicted octanol–water partition coefficient (Wildman–Crippen LogP) is 4.29. The van der Waals surface area contributed by atoms with E-state index in [0.717, 1.165) is 10.9 Å². The Morgan fingerprint density at radius 3 is 2.77 bits per heavy atom. The lowest BCUT2D eigenvalue weighted by molar-refractivity contribution is -0.384. The Morgan fingerprint density at radius 1 is 1.23 bits per heavy atom. The van der Waals surface area contributed by atoms with Gasteiger partial charge in [-0.1, -0.05) is 23.7 Å². The molecule has 22 heavy (non-hydrogen) atoms. The molecule has 2 aromatic carbocycles. The van der Waals surface area contributed by atoms with Crippen LogP contribution in [0.15, 0.2) is 42.7 Å². The average Bonchev–Trinajstić information content (AvgIpc) is 2.50. The third kappa shape index (κ3) is 2.56. The Kier molecular flexibility index (Phi) is 3.60. The van der Waals surface area contributed by atoms with E-state index in [1.807, 2.05) is 24.3 Å². The number of nitro groups is 1. The highest BCUT2D eigenvalue weighted by molar-refractivity contribution is 6.32. The molecule has 110 valence electrons. The lowest BCUT2D eigenvalue weighted by Crippen LogP contribution is -1.96. The Bertz CT molecular complexity index is 878. The first-order chi connectivity index (χ1) is 10.6. The molecule has 0 N–H and O–H groups in total. The summed E-state index contributed by atoms with van der Waals surface area (Å²) in [5.41, 5.74) is 1.20. The van der Waals surface area contributed by atoms with Crippen LogP contribution in [0.5, 0.6) is 11.6 Å². The van der Waals surface area contributed by atoms with Crippen LogP contribution in [0.2, 0.25) is 5.02 Å². The lowest BCUT2D eigenvalue weighted by Gasteiger charge is -2.10. The second-order valence-corrected chi connectivity index (χ2v) is 5.03. The van der Waals surface area contributed by atoms with E-state index in [1.165, 1.54) is 18.5 Å². The summed E-state index contributed by atoms with van der Waals surface area (Å²) in [4.78, 5) is 18.7. The molecule has 1 aromatic heterocycles. The van der Waals surface area contributed by atoms with Crippen LogP contribution in [-0.4, -0.2) is 14.9 Å². The van der Waals surface area contributed by atoms with E-state index in [2.05, 4.69) is 9.97 Å². The molecule has 3 rings (SSSR count). The highest BCUT2D eigenvalue weighted by atomic mass is 35.5. The van der Waals surface area contributed by atoms with Crippen molar-refractivity contribution in [1.29, 1.82) is 0 Å². The average molecular weight is 316 g/mol. The second-order valence-electron chi connectivity index (χ2n) is 4.62. The van der Waals surface area contributed by atoms with Gasteiger partial charge in [0.15, 0.2) is 0 Å². The molecule has 0 saturated carbocycles. The van der Waals surface area contributed by atoms with Crippen molar-refractivity contribution in [3.8, 4) is 11.6 Å². The zero-order chi connectivity index (χ0) is 15.7. The Hall–Kier alpha value is -2.73. The molecule has 0 unspecified atom stereocenters. The van der Waals surface area contributed by atoms with Crippen molar-refractivity contribution in [1.82, 2.24) is 9.97 Å². The third-order valence-corrected chi connectivity index (χ3v) is 3.46. The number of hydrogen-bond acceptors (Lipinski definition) is 5. The molecule has 1 heterocycles. The smallest absolute Gasteiger partial charge is 0.291 e. The molecule has 0 aliphatic rings. The highest BCUT2D eigenvalue weighted by Gasteiger charge is 2.17. The standard InChI is InChI=1S/C15H10ClN3O3/c1-9-6-11(16)13(19(20)21)7-14(9)22-15-10-4-2-3-5-12(10)17-8-18-15/h2-8H,1H3. The predicted molar refractivity (Wildman–Crippen MR) is 82.5 cm³/mol. The maximum Gasteiger partial charge on any atom is 0.291 e. The fourth-order valence-corrected chi connectivity index (χ4v) is 2.34. The van der Waals surface area contributed by atoms with E-state index in [-0.39, 0.29) is 10.7 Å². The summed E-state index contributed by atoms with van der Waals surface area (Å²) in [5, 5.41) is 11.8. The van der Waals surface area contributed by atoms with Gasteiger partial charge in [-0.3, -0.25) is 10.1 Å². The molecule has 0 atom stereocenters. The van der Waals surface area contributed by atoms with Crippen molar-refractivity contribution in [2.24, 2.45) is 0 Å². The molecule has 0 fully saturated rings. The first-order valence-electron chi connectivity index (χ1n) is 6.38. The van der Waals surface area contributed by atoms with Crippen molar-refractivity contribution >= 4 is 28.2 Å². The van der Waals surface area contributed by atoms with Gasteiger partial charge >= 0.3 is 0 Å². The molecule has 0 bridgehead atoms. The molecule has 0 radical (unpaired) electrons. The number of halogens is 1. The fourth-order valence-electron chi connectivity index (χ4n) is 2.06. The summed E-state index contributed by atoms with van der Waals surface area (Å²) in [6.45, 7) is 1.76. The Balaban J connectivity index is 2.09. The second kappa shape index (κ2) is 5.57. The quantitative estimate of drug-likeness (QED) is 0.532. The van der Waals surface area contributed by atoms with Gasteiger partial charge in [0.25, 0.3) is 5.69 Å². The number of aryl methyl sites for hydroxylation is 1. The monoisotopic (exact) mass is 315 g/mol. The number of nitro benzene ring substituents is 1. The summed E-state index contributed by atoms with van der Waals surface area (Å²) in [6, 6.07) is 10.2. The molecule has 0 saturated heterocycles. The van der Waals surface area contributed by atoms with Gasteiger partial charge in [0.1, 0.15) is 17.1 Å². The van der Waals surface area contributed by atoms with Crippen LogP contribution in [-0.2, 0) is 0 Å². The van der Waals surface area contributed by atoms with Gasteiger partial charge in [0, 0.05) is 0 Å². The van der Waals surface area contributed by atoms with Gasteiger partial charge in [-0.15, -0.1) is 0 Å². The molecule has 6 nitrogen and oxygen atoms in total. The summed E-state index contributed by atoms with van der Waals surface area (Å²) < 4.78 is 5.75. The minimum Gasteiger partial charge on any atom is -0.438 e. The van der Waals surface area contributed by atoms with Crippen LogP contribution in [0.25, 0.3) is 10.9 Å². The Labute approximate surface area is 130 Å². The van der Waals surface area contributed by atoms with Crippen molar-refractivity contribution in [3.05, 3.63) is 63.4 Å². The summed E-state index contributed by atoms with van der Waals surface area (Å²) >= 11 is 5.87. The molecule has 3 aromatic rings. The van der Waals surface area contributed by atoms with Crippen LogP contribution in [0.3, 0.4) is 0 Å². The van der Waals surface area contributed by atoms with E-state index >= 15 is 0 Å². The molecular weight excluding hydrogens is 306 g/mol.